The standard InChI is InChI=1S/C17H20N4O2/c22-17(19-13-5-8-21(9-6-13)14-3-4-14)15-10-16(23-20-15)12-2-1-7-18-11-12/h1-2,7,10-11,13-14H,3-6,8-9H2,(H,19,22). The van der Waals surface area contributed by atoms with Crippen molar-refractivity contribution < 1.29 is 9.32 Å². The smallest absolute Gasteiger partial charge is 0.273 e. The van der Waals surface area contributed by atoms with Crippen molar-refractivity contribution in [1.82, 2.24) is 20.4 Å². The second-order valence-electron chi connectivity index (χ2n) is 6.33. The molecule has 1 aliphatic heterocycles. The van der Waals surface area contributed by atoms with Gasteiger partial charge in [-0.3, -0.25) is 9.78 Å². The van der Waals surface area contributed by atoms with Gasteiger partial charge < -0.3 is 14.7 Å². The lowest BCUT2D eigenvalue weighted by molar-refractivity contribution is 0.0900. The number of pyridine rings is 1. The molecule has 1 amide bonds. The van der Waals surface area contributed by atoms with Crippen LogP contribution in [0.4, 0.5) is 0 Å². The molecule has 0 spiro atoms. The Morgan fingerprint density at radius 3 is 2.78 bits per heavy atom. The molecule has 1 N–H and O–H groups in total. The van der Waals surface area contributed by atoms with Gasteiger partial charge in [-0.25, -0.2) is 0 Å². The molecule has 1 saturated heterocycles. The minimum atomic E-state index is -0.159. The topological polar surface area (TPSA) is 71.3 Å². The van der Waals surface area contributed by atoms with Crippen molar-refractivity contribution >= 4 is 5.91 Å². The van der Waals surface area contributed by atoms with Gasteiger partial charge in [0.15, 0.2) is 11.5 Å². The van der Waals surface area contributed by atoms with Crippen LogP contribution < -0.4 is 5.32 Å². The maximum absolute atomic E-state index is 12.3. The van der Waals surface area contributed by atoms with Crippen LogP contribution >= 0.6 is 0 Å². The Bertz CT molecular complexity index is 673. The molecule has 120 valence electrons. The average Bonchev–Trinajstić information content (AvgIpc) is 3.32. The summed E-state index contributed by atoms with van der Waals surface area (Å²) >= 11 is 0. The second kappa shape index (κ2) is 6.12. The first-order valence-corrected chi connectivity index (χ1v) is 8.21. The van der Waals surface area contributed by atoms with Crippen molar-refractivity contribution in [1.29, 1.82) is 0 Å². The van der Waals surface area contributed by atoms with Gasteiger partial charge in [0.1, 0.15) is 0 Å². The zero-order valence-electron chi connectivity index (χ0n) is 12.9. The van der Waals surface area contributed by atoms with E-state index in [0.717, 1.165) is 37.5 Å². The third-order valence-electron chi connectivity index (χ3n) is 4.62. The van der Waals surface area contributed by atoms with Gasteiger partial charge >= 0.3 is 0 Å². The van der Waals surface area contributed by atoms with Gasteiger partial charge in [-0.1, -0.05) is 5.16 Å². The molecule has 0 bridgehead atoms. The molecule has 0 aromatic carbocycles. The molecule has 6 heteroatoms. The molecule has 0 unspecified atom stereocenters. The molecular formula is C17H20N4O2. The molecule has 4 rings (SSSR count). The molecule has 2 fully saturated rings. The zero-order valence-corrected chi connectivity index (χ0v) is 12.9. The zero-order chi connectivity index (χ0) is 15.6. The fourth-order valence-corrected chi connectivity index (χ4v) is 3.13. The number of nitrogens with zero attached hydrogens (tertiary/aromatic N) is 3. The number of amides is 1. The minimum Gasteiger partial charge on any atom is -0.355 e. The molecule has 2 aliphatic rings. The normalized spacial score (nSPS) is 19.7. The van der Waals surface area contributed by atoms with Gasteiger partial charge in [-0.05, 0) is 37.8 Å². The predicted octanol–water partition coefficient (Wildman–Crippen LogP) is 2.09. The van der Waals surface area contributed by atoms with Gasteiger partial charge in [-0.2, -0.15) is 0 Å². The Labute approximate surface area is 134 Å². The SMILES string of the molecule is O=C(NC1CCN(C2CC2)CC1)c1cc(-c2cccnc2)on1. The van der Waals surface area contributed by atoms with E-state index in [-0.39, 0.29) is 11.9 Å². The van der Waals surface area contributed by atoms with Crippen molar-refractivity contribution in [2.45, 2.75) is 37.8 Å². The molecule has 2 aromatic rings. The van der Waals surface area contributed by atoms with Gasteiger partial charge in [-0.15, -0.1) is 0 Å². The summed E-state index contributed by atoms with van der Waals surface area (Å²) < 4.78 is 5.26. The Morgan fingerprint density at radius 1 is 1.26 bits per heavy atom. The van der Waals surface area contributed by atoms with Gasteiger partial charge in [0.05, 0.1) is 0 Å². The highest BCUT2D eigenvalue weighted by Crippen LogP contribution is 2.29. The van der Waals surface area contributed by atoms with Gasteiger partial charge in [0.2, 0.25) is 0 Å². The van der Waals surface area contributed by atoms with E-state index < -0.39 is 0 Å². The molecule has 1 aliphatic carbocycles. The van der Waals surface area contributed by atoms with Crippen molar-refractivity contribution in [3.63, 3.8) is 0 Å². The van der Waals surface area contributed by atoms with E-state index in [9.17, 15) is 4.79 Å². The number of rotatable bonds is 4. The fraction of sp³-hybridized carbons (Fsp3) is 0.471. The van der Waals surface area contributed by atoms with Crippen LogP contribution in [0.3, 0.4) is 0 Å². The highest BCUT2D eigenvalue weighted by molar-refractivity contribution is 5.93. The van der Waals surface area contributed by atoms with Crippen LogP contribution in [0.5, 0.6) is 0 Å². The third kappa shape index (κ3) is 3.27. The number of aromatic nitrogens is 2. The van der Waals surface area contributed by atoms with E-state index >= 15 is 0 Å². The average molecular weight is 312 g/mol. The van der Waals surface area contributed by atoms with Crippen LogP contribution in [0.15, 0.2) is 35.1 Å². The number of likely N-dealkylation sites (tertiary alicyclic amines) is 1. The molecule has 1 saturated carbocycles. The number of carbonyl (C=O) groups is 1. The lowest BCUT2D eigenvalue weighted by Gasteiger charge is -2.32. The first-order valence-electron chi connectivity index (χ1n) is 8.21. The van der Waals surface area contributed by atoms with Crippen LogP contribution in [0.2, 0.25) is 0 Å². The van der Waals surface area contributed by atoms with Crippen LogP contribution in [0.1, 0.15) is 36.2 Å². The number of hydrogen-bond donors (Lipinski definition) is 1. The molecule has 2 aromatic heterocycles. The summed E-state index contributed by atoms with van der Waals surface area (Å²) in [6.07, 6.45) is 8.09. The summed E-state index contributed by atoms with van der Waals surface area (Å²) in [6.45, 7) is 2.16. The maximum atomic E-state index is 12.3. The maximum Gasteiger partial charge on any atom is 0.273 e. The van der Waals surface area contributed by atoms with E-state index in [0.29, 0.717) is 11.5 Å². The van der Waals surface area contributed by atoms with E-state index in [1.807, 2.05) is 12.1 Å². The summed E-state index contributed by atoms with van der Waals surface area (Å²) in [6, 6.07) is 6.42. The summed E-state index contributed by atoms with van der Waals surface area (Å²) in [4.78, 5) is 18.9. The third-order valence-corrected chi connectivity index (χ3v) is 4.62. The van der Waals surface area contributed by atoms with Crippen molar-refractivity contribution in [3.8, 4) is 11.3 Å². The van der Waals surface area contributed by atoms with Gasteiger partial charge in [0.25, 0.3) is 5.91 Å². The molecule has 23 heavy (non-hydrogen) atoms. The number of piperidine rings is 1. The summed E-state index contributed by atoms with van der Waals surface area (Å²) in [5.41, 5.74) is 1.14. The quantitative estimate of drug-likeness (QED) is 0.936. The van der Waals surface area contributed by atoms with E-state index in [1.54, 1.807) is 18.5 Å². The Hall–Kier alpha value is -2.21. The largest absolute Gasteiger partial charge is 0.355 e. The predicted molar refractivity (Wildman–Crippen MR) is 84.8 cm³/mol. The second-order valence-corrected chi connectivity index (χ2v) is 6.33. The Morgan fingerprint density at radius 2 is 2.09 bits per heavy atom. The van der Waals surface area contributed by atoms with Crippen LogP contribution in [-0.2, 0) is 0 Å². The van der Waals surface area contributed by atoms with E-state index in [2.05, 4.69) is 20.4 Å². The molecule has 0 atom stereocenters. The lowest BCUT2D eigenvalue weighted by Crippen LogP contribution is -2.45. The molecular weight excluding hydrogens is 292 g/mol. The van der Waals surface area contributed by atoms with Crippen molar-refractivity contribution in [2.75, 3.05) is 13.1 Å². The lowest BCUT2D eigenvalue weighted by atomic mass is 10.0. The highest BCUT2D eigenvalue weighted by atomic mass is 16.5. The van der Waals surface area contributed by atoms with E-state index in [1.165, 1.54) is 12.8 Å². The summed E-state index contributed by atoms with van der Waals surface area (Å²) in [5, 5.41) is 6.96. The summed E-state index contributed by atoms with van der Waals surface area (Å²) in [5.74, 6) is 0.403. The van der Waals surface area contributed by atoms with Gasteiger partial charge in [0, 0.05) is 49.2 Å². The van der Waals surface area contributed by atoms with Crippen LogP contribution in [0, 0.1) is 0 Å². The van der Waals surface area contributed by atoms with Crippen LogP contribution in [-0.4, -0.2) is 46.1 Å². The summed E-state index contributed by atoms with van der Waals surface area (Å²) in [7, 11) is 0. The first-order chi connectivity index (χ1) is 11.3. The van der Waals surface area contributed by atoms with Crippen molar-refractivity contribution in [3.05, 3.63) is 36.3 Å². The Balaban J connectivity index is 1.35. The molecule has 6 nitrogen and oxygen atoms in total. The number of nitrogens with one attached hydrogen (secondary N) is 1. The molecule has 3 heterocycles. The van der Waals surface area contributed by atoms with Crippen LogP contribution in [0.25, 0.3) is 11.3 Å². The number of carbonyl (C=O) groups excluding carboxylic acids is 1. The van der Waals surface area contributed by atoms with Crippen molar-refractivity contribution in [2.24, 2.45) is 0 Å². The number of hydrogen-bond acceptors (Lipinski definition) is 5. The monoisotopic (exact) mass is 312 g/mol. The first kappa shape index (κ1) is 14.4. The Kier molecular flexibility index (Phi) is 3.83. The fourth-order valence-electron chi connectivity index (χ4n) is 3.13. The van der Waals surface area contributed by atoms with E-state index in [4.69, 9.17) is 4.52 Å². The highest BCUT2D eigenvalue weighted by Gasteiger charge is 2.32. The minimum absolute atomic E-state index is 0.159. The molecule has 0 radical (unpaired) electrons.